The van der Waals surface area contributed by atoms with Gasteiger partial charge in [-0.3, -0.25) is 0 Å². The van der Waals surface area contributed by atoms with Gasteiger partial charge in [-0.2, -0.15) is 0 Å². The van der Waals surface area contributed by atoms with E-state index in [2.05, 4.69) is 31.1 Å². The molecule has 1 aromatic carbocycles. The van der Waals surface area contributed by atoms with Crippen molar-refractivity contribution in [2.24, 2.45) is 5.41 Å². The fourth-order valence-electron chi connectivity index (χ4n) is 3.41. The van der Waals surface area contributed by atoms with E-state index in [-0.39, 0.29) is 11.5 Å². The SMILES string of the molecule is CC(Cc1c[nH]c2cc(F)c(F)cc12)NC1CCOCC1(C)C. The number of fused-ring (bicyclic) bond motifs is 1. The van der Waals surface area contributed by atoms with Crippen molar-refractivity contribution < 1.29 is 13.5 Å². The molecular weight excluding hydrogens is 298 g/mol. The standard InChI is InChI=1S/C18H24F2N2O/c1-11(22-17-4-5-23-10-18(17,2)3)6-12-9-21-16-8-15(20)14(19)7-13(12)16/h7-9,11,17,21-22H,4-6,10H2,1-3H3. The van der Waals surface area contributed by atoms with Crippen molar-refractivity contribution in [2.45, 2.75) is 45.7 Å². The Balaban J connectivity index is 1.73. The highest BCUT2D eigenvalue weighted by Crippen LogP contribution is 2.28. The van der Waals surface area contributed by atoms with E-state index in [4.69, 9.17) is 4.74 Å². The van der Waals surface area contributed by atoms with Gasteiger partial charge in [-0.05, 0) is 31.4 Å². The molecule has 1 aromatic heterocycles. The summed E-state index contributed by atoms with van der Waals surface area (Å²) in [6, 6.07) is 3.13. The molecule has 2 atom stereocenters. The van der Waals surface area contributed by atoms with Crippen molar-refractivity contribution in [1.82, 2.24) is 10.3 Å². The van der Waals surface area contributed by atoms with Crippen LogP contribution in [0.3, 0.4) is 0 Å². The predicted octanol–water partition coefficient (Wildman–Crippen LogP) is 3.78. The van der Waals surface area contributed by atoms with Crippen LogP contribution in [0.25, 0.3) is 10.9 Å². The molecule has 0 aliphatic carbocycles. The molecule has 126 valence electrons. The van der Waals surface area contributed by atoms with Crippen LogP contribution >= 0.6 is 0 Å². The maximum absolute atomic E-state index is 13.5. The zero-order valence-corrected chi connectivity index (χ0v) is 13.9. The lowest BCUT2D eigenvalue weighted by atomic mass is 9.81. The van der Waals surface area contributed by atoms with Gasteiger partial charge in [0, 0.05) is 47.3 Å². The number of H-pyrrole nitrogens is 1. The number of hydrogen-bond acceptors (Lipinski definition) is 2. The Labute approximate surface area is 135 Å². The molecule has 1 saturated heterocycles. The fourth-order valence-corrected chi connectivity index (χ4v) is 3.41. The highest BCUT2D eigenvalue weighted by atomic mass is 19.2. The summed E-state index contributed by atoms with van der Waals surface area (Å²) in [6.45, 7) is 8.09. The molecule has 1 aliphatic rings. The smallest absolute Gasteiger partial charge is 0.160 e. The second-order valence-corrected chi connectivity index (χ2v) is 7.28. The van der Waals surface area contributed by atoms with Crippen LogP contribution in [0.5, 0.6) is 0 Å². The molecule has 0 saturated carbocycles. The van der Waals surface area contributed by atoms with Gasteiger partial charge in [0.25, 0.3) is 0 Å². The number of ether oxygens (including phenoxy) is 1. The van der Waals surface area contributed by atoms with Crippen LogP contribution in [0, 0.1) is 17.0 Å². The number of halogens is 2. The first-order chi connectivity index (χ1) is 10.9. The normalized spacial score (nSPS) is 22.4. The lowest BCUT2D eigenvalue weighted by Crippen LogP contribution is -2.51. The minimum atomic E-state index is -0.818. The molecule has 3 rings (SSSR count). The van der Waals surface area contributed by atoms with Crippen LogP contribution in [0.1, 0.15) is 32.8 Å². The van der Waals surface area contributed by atoms with Crippen LogP contribution in [0.2, 0.25) is 0 Å². The summed E-state index contributed by atoms with van der Waals surface area (Å²) in [7, 11) is 0. The van der Waals surface area contributed by atoms with Gasteiger partial charge in [-0.1, -0.05) is 13.8 Å². The Morgan fingerprint density at radius 1 is 1.35 bits per heavy atom. The summed E-state index contributed by atoms with van der Waals surface area (Å²) >= 11 is 0. The third kappa shape index (κ3) is 3.40. The highest BCUT2D eigenvalue weighted by molar-refractivity contribution is 5.83. The lowest BCUT2D eigenvalue weighted by molar-refractivity contribution is -0.0157. The second kappa shape index (κ2) is 6.21. The number of aromatic amines is 1. The minimum Gasteiger partial charge on any atom is -0.381 e. The number of benzene rings is 1. The van der Waals surface area contributed by atoms with E-state index in [1.165, 1.54) is 12.1 Å². The largest absolute Gasteiger partial charge is 0.381 e. The molecule has 2 N–H and O–H groups in total. The number of rotatable bonds is 4. The Morgan fingerprint density at radius 3 is 2.83 bits per heavy atom. The van der Waals surface area contributed by atoms with Gasteiger partial charge in [0.05, 0.1) is 6.61 Å². The number of nitrogens with one attached hydrogen (secondary N) is 2. The molecule has 0 spiro atoms. The Kier molecular flexibility index (Phi) is 4.43. The van der Waals surface area contributed by atoms with Crippen molar-refractivity contribution in [3.05, 3.63) is 35.5 Å². The third-order valence-corrected chi connectivity index (χ3v) is 4.79. The van der Waals surface area contributed by atoms with Gasteiger partial charge in [0.2, 0.25) is 0 Å². The first kappa shape index (κ1) is 16.4. The summed E-state index contributed by atoms with van der Waals surface area (Å²) in [4.78, 5) is 3.03. The molecule has 2 aromatic rings. The molecule has 23 heavy (non-hydrogen) atoms. The summed E-state index contributed by atoms with van der Waals surface area (Å²) < 4.78 is 32.4. The molecule has 0 amide bonds. The van der Waals surface area contributed by atoms with Crippen molar-refractivity contribution in [1.29, 1.82) is 0 Å². The first-order valence-corrected chi connectivity index (χ1v) is 8.15. The average molecular weight is 322 g/mol. The summed E-state index contributed by atoms with van der Waals surface area (Å²) in [5, 5.41) is 4.43. The molecule has 5 heteroatoms. The Bertz CT molecular complexity index is 696. The maximum Gasteiger partial charge on any atom is 0.160 e. The second-order valence-electron chi connectivity index (χ2n) is 7.28. The van der Waals surface area contributed by atoms with Gasteiger partial charge in [0.15, 0.2) is 11.6 Å². The quantitative estimate of drug-likeness (QED) is 0.899. The topological polar surface area (TPSA) is 37.0 Å². The summed E-state index contributed by atoms with van der Waals surface area (Å²) in [6.07, 6.45) is 3.60. The third-order valence-electron chi connectivity index (χ3n) is 4.79. The van der Waals surface area contributed by atoms with E-state index >= 15 is 0 Å². The van der Waals surface area contributed by atoms with Crippen molar-refractivity contribution in [3.8, 4) is 0 Å². The van der Waals surface area contributed by atoms with Crippen molar-refractivity contribution in [3.63, 3.8) is 0 Å². The van der Waals surface area contributed by atoms with E-state index in [0.717, 1.165) is 37.0 Å². The number of hydrogen-bond donors (Lipinski definition) is 2. The molecule has 2 unspecified atom stereocenters. The van der Waals surface area contributed by atoms with Crippen LogP contribution in [0.15, 0.2) is 18.3 Å². The maximum atomic E-state index is 13.5. The molecule has 1 aliphatic heterocycles. The monoisotopic (exact) mass is 322 g/mol. The van der Waals surface area contributed by atoms with Crippen LogP contribution in [-0.2, 0) is 11.2 Å². The highest BCUT2D eigenvalue weighted by Gasteiger charge is 2.33. The van der Waals surface area contributed by atoms with Gasteiger partial charge in [-0.25, -0.2) is 8.78 Å². The minimum absolute atomic E-state index is 0.0992. The van der Waals surface area contributed by atoms with Crippen LogP contribution < -0.4 is 5.32 Å². The lowest BCUT2D eigenvalue weighted by Gasteiger charge is -2.40. The number of aromatic nitrogens is 1. The first-order valence-electron chi connectivity index (χ1n) is 8.15. The van der Waals surface area contributed by atoms with Crippen molar-refractivity contribution in [2.75, 3.05) is 13.2 Å². The van der Waals surface area contributed by atoms with E-state index < -0.39 is 11.6 Å². The average Bonchev–Trinajstić information content (AvgIpc) is 2.84. The van der Waals surface area contributed by atoms with Gasteiger partial charge in [-0.15, -0.1) is 0 Å². The van der Waals surface area contributed by atoms with Crippen LogP contribution in [-0.4, -0.2) is 30.3 Å². The van der Waals surface area contributed by atoms with Gasteiger partial charge in [0.1, 0.15) is 0 Å². The van der Waals surface area contributed by atoms with Gasteiger partial charge >= 0.3 is 0 Å². The van der Waals surface area contributed by atoms with Crippen molar-refractivity contribution >= 4 is 10.9 Å². The zero-order chi connectivity index (χ0) is 16.6. The molecule has 0 radical (unpaired) electrons. The molecule has 1 fully saturated rings. The van der Waals surface area contributed by atoms with E-state index in [1.807, 2.05) is 6.20 Å². The summed E-state index contributed by atoms with van der Waals surface area (Å²) in [5.41, 5.74) is 1.74. The Hall–Kier alpha value is -1.46. The Morgan fingerprint density at radius 2 is 2.09 bits per heavy atom. The fraction of sp³-hybridized carbons (Fsp3) is 0.556. The molecule has 3 nitrogen and oxygen atoms in total. The zero-order valence-electron chi connectivity index (χ0n) is 13.9. The molecular formula is C18H24F2N2O. The van der Waals surface area contributed by atoms with E-state index in [0.29, 0.717) is 11.6 Å². The molecule has 2 heterocycles. The van der Waals surface area contributed by atoms with Gasteiger partial charge < -0.3 is 15.0 Å². The van der Waals surface area contributed by atoms with E-state index in [9.17, 15) is 8.78 Å². The molecule has 0 bridgehead atoms. The predicted molar refractivity (Wildman–Crippen MR) is 87.5 cm³/mol. The van der Waals surface area contributed by atoms with E-state index in [1.54, 1.807) is 0 Å². The van der Waals surface area contributed by atoms with Crippen LogP contribution in [0.4, 0.5) is 8.78 Å². The summed E-state index contributed by atoms with van der Waals surface area (Å²) in [5.74, 6) is -1.62.